The molecule has 0 spiro atoms. The van der Waals surface area contributed by atoms with Crippen LogP contribution in [0.25, 0.3) is 11.1 Å². The van der Waals surface area contributed by atoms with Crippen LogP contribution in [0.1, 0.15) is 104 Å². The first-order valence-electron chi connectivity index (χ1n) is 17.1. The molecular weight excluding hydrogens is 616 g/mol. The van der Waals surface area contributed by atoms with Gasteiger partial charge in [-0.05, 0) is 90.6 Å². The first kappa shape index (κ1) is 32.3. The van der Waals surface area contributed by atoms with Gasteiger partial charge in [0, 0.05) is 58.6 Å². The molecule has 8 heterocycles. The van der Waals surface area contributed by atoms with Gasteiger partial charge < -0.3 is 29.5 Å². The molecule has 49 heavy (non-hydrogen) atoms. The van der Waals surface area contributed by atoms with E-state index in [4.69, 9.17) is 29.4 Å². The molecule has 3 atom stereocenters. The van der Waals surface area contributed by atoms with Gasteiger partial charge in [0.15, 0.2) is 12.5 Å². The number of fused-ring (bicyclic) bond motifs is 8. The Morgan fingerprint density at radius 3 is 2.02 bits per heavy atom. The summed E-state index contributed by atoms with van der Waals surface area (Å²) in [5, 5.41) is 23.1. The first-order valence-corrected chi connectivity index (χ1v) is 17.1. The first-order chi connectivity index (χ1) is 22.7. The highest BCUT2D eigenvalue weighted by Crippen LogP contribution is 2.53. The van der Waals surface area contributed by atoms with Crippen molar-refractivity contribution in [1.82, 2.24) is 19.8 Å². The van der Waals surface area contributed by atoms with Crippen LogP contribution in [0.5, 0.6) is 0 Å². The van der Waals surface area contributed by atoms with E-state index in [9.17, 15) is 10.2 Å². The van der Waals surface area contributed by atoms with Crippen LogP contribution in [0.3, 0.4) is 0 Å². The SMILES string of the molecule is CC1=CN2C(=NC(O)C3=C2C(C)(C)OC3(C)C)c2ccc(CC3(C)OC(C)(C)C4=C3C(O)N=C3c5cccnc5C(C(C)(C)C)=CN34)nc21. The fourth-order valence-electron chi connectivity index (χ4n) is 8.96. The van der Waals surface area contributed by atoms with E-state index in [-0.39, 0.29) is 5.41 Å². The molecule has 10 heteroatoms. The number of aliphatic imine (C=N–C) groups is 2. The van der Waals surface area contributed by atoms with Gasteiger partial charge >= 0.3 is 0 Å². The lowest BCUT2D eigenvalue weighted by atomic mass is 9.80. The third-order valence-electron chi connectivity index (χ3n) is 10.6. The standard InChI is InChI=1S/C39H46N6O4/c1-20-18-44-29-25(36(5,6)48-37(29,7)8)33(46)42-32(44)23-15-14-21(41-27(20)23)17-39(11)26-30(38(9,10)49-39)45-19-24(35(2,3)4)28-22(13-12-16-40-28)31(45)43-34(26)47/h12-16,18-19,33-34,46-47H,17H2,1-11H3. The van der Waals surface area contributed by atoms with Crippen LogP contribution in [-0.2, 0) is 15.9 Å². The Labute approximate surface area is 288 Å². The van der Waals surface area contributed by atoms with Crippen molar-refractivity contribution in [2.24, 2.45) is 15.4 Å². The highest BCUT2D eigenvalue weighted by molar-refractivity contribution is 6.08. The van der Waals surface area contributed by atoms with Crippen molar-refractivity contribution >= 4 is 22.8 Å². The summed E-state index contributed by atoms with van der Waals surface area (Å²) < 4.78 is 13.4. The molecule has 0 fully saturated rings. The van der Waals surface area contributed by atoms with Gasteiger partial charge in [0.1, 0.15) is 22.9 Å². The fraction of sp³-hybridized carbons (Fsp3) is 0.487. The Bertz CT molecular complexity index is 2040. The van der Waals surface area contributed by atoms with E-state index < -0.39 is 34.9 Å². The third-order valence-corrected chi connectivity index (χ3v) is 10.6. The number of hydrogen-bond donors (Lipinski definition) is 2. The van der Waals surface area contributed by atoms with E-state index in [2.05, 4.69) is 50.6 Å². The lowest BCUT2D eigenvalue weighted by molar-refractivity contribution is -0.0748. The number of allylic oxidation sites excluding steroid dienone is 2. The molecular formula is C39H46N6O4. The van der Waals surface area contributed by atoms with Crippen LogP contribution in [0, 0.1) is 5.41 Å². The Morgan fingerprint density at radius 2 is 1.35 bits per heavy atom. The molecule has 10 nitrogen and oxygen atoms in total. The van der Waals surface area contributed by atoms with Crippen LogP contribution in [0.2, 0.25) is 0 Å². The molecule has 6 aliphatic heterocycles. The number of aromatic nitrogens is 2. The number of rotatable bonds is 2. The molecule has 0 radical (unpaired) electrons. The van der Waals surface area contributed by atoms with Gasteiger partial charge in [0.05, 0.1) is 34.0 Å². The van der Waals surface area contributed by atoms with E-state index in [0.29, 0.717) is 18.1 Å². The van der Waals surface area contributed by atoms with Crippen LogP contribution in [0.15, 0.2) is 75.4 Å². The summed E-state index contributed by atoms with van der Waals surface area (Å²) >= 11 is 0. The maximum atomic E-state index is 11.8. The highest BCUT2D eigenvalue weighted by atomic mass is 16.5. The Hall–Kier alpha value is -3.96. The van der Waals surface area contributed by atoms with Crippen molar-refractivity contribution in [3.8, 4) is 0 Å². The van der Waals surface area contributed by atoms with Gasteiger partial charge in [-0.2, -0.15) is 0 Å². The van der Waals surface area contributed by atoms with Gasteiger partial charge in [-0.15, -0.1) is 0 Å². The van der Waals surface area contributed by atoms with Crippen molar-refractivity contribution in [2.75, 3.05) is 0 Å². The van der Waals surface area contributed by atoms with E-state index in [1.54, 1.807) is 6.20 Å². The number of hydrogen-bond acceptors (Lipinski definition) is 10. The van der Waals surface area contributed by atoms with Crippen LogP contribution < -0.4 is 0 Å². The average Bonchev–Trinajstić information content (AvgIpc) is 3.33. The largest absolute Gasteiger partial charge is 0.368 e. The van der Waals surface area contributed by atoms with Gasteiger partial charge in [-0.25, -0.2) is 9.98 Å². The molecule has 2 aromatic rings. The normalized spacial score (nSPS) is 28.8. The minimum Gasteiger partial charge on any atom is -0.368 e. The molecule has 2 N–H and O–H groups in total. The third kappa shape index (κ3) is 4.53. The Kier molecular flexibility index (Phi) is 6.48. The molecule has 0 saturated carbocycles. The molecule has 2 aromatic heterocycles. The van der Waals surface area contributed by atoms with Crippen molar-refractivity contribution in [3.05, 3.63) is 93.6 Å². The Morgan fingerprint density at radius 1 is 0.755 bits per heavy atom. The van der Waals surface area contributed by atoms with Gasteiger partial charge in [0.2, 0.25) is 0 Å². The van der Waals surface area contributed by atoms with Gasteiger partial charge in [0.25, 0.3) is 0 Å². The lowest BCUT2D eigenvalue weighted by Crippen LogP contribution is -2.43. The molecule has 0 amide bonds. The molecule has 8 rings (SSSR count). The van der Waals surface area contributed by atoms with Crippen LogP contribution >= 0.6 is 0 Å². The summed E-state index contributed by atoms with van der Waals surface area (Å²) in [5.41, 5.74) is 6.57. The molecule has 0 bridgehead atoms. The number of ether oxygens (including phenoxy) is 2. The van der Waals surface area contributed by atoms with Gasteiger partial charge in [-0.1, -0.05) is 20.8 Å². The van der Waals surface area contributed by atoms with E-state index in [0.717, 1.165) is 61.9 Å². The zero-order valence-corrected chi connectivity index (χ0v) is 30.3. The second-order valence-corrected chi connectivity index (χ2v) is 16.8. The zero-order valence-electron chi connectivity index (χ0n) is 30.3. The Balaban J connectivity index is 1.18. The summed E-state index contributed by atoms with van der Waals surface area (Å²) in [4.78, 5) is 23.7. The smallest absolute Gasteiger partial charge is 0.174 e. The van der Waals surface area contributed by atoms with Crippen molar-refractivity contribution in [1.29, 1.82) is 0 Å². The summed E-state index contributed by atoms with van der Waals surface area (Å²) in [6, 6.07) is 7.97. The van der Waals surface area contributed by atoms with E-state index in [1.807, 2.05) is 72.0 Å². The van der Waals surface area contributed by atoms with E-state index in [1.165, 1.54) is 0 Å². The lowest BCUT2D eigenvalue weighted by Gasteiger charge is -2.40. The summed E-state index contributed by atoms with van der Waals surface area (Å²) in [7, 11) is 0. The number of aliphatic hydroxyl groups is 2. The van der Waals surface area contributed by atoms with Crippen LogP contribution in [0.4, 0.5) is 0 Å². The topological polar surface area (TPSA) is 116 Å². The molecule has 6 aliphatic rings. The summed E-state index contributed by atoms with van der Waals surface area (Å²) in [5.74, 6) is 1.33. The molecule has 0 aliphatic carbocycles. The quantitative estimate of drug-likeness (QED) is 0.408. The highest BCUT2D eigenvalue weighted by Gasteiger charge is 2.56. The summed E-state index contributed by atoms with van der Waals surface area (Å²) in [6.45, 7) is 22.8. The van der Waals surface area contributed by atoms with Crippen molar-refractivity contribution in [2.45, 2.75) is 117 Å². The average molecular weight is 663 g/mol. The minimum atomic E-state index is -1.10. The molecule has 256 valence electrons. The van der Waals surface area contributed by atoms with Crippen molar-refractivity contribution in [3.63, 3.8) is 0 Å². The number of aliphatic hydroxyl groups excluding tert-OH is 2. The maximum absolute atomic E-state index is 11.8. The maximum Gasteiger partial charge on any atom is 0.174 e. The monoisotopic (exact) mass is 662 g/mol. The fourth-order valence-corrected chi connectivity index (χ4v) is 8.96. The van der Waals surface area contributed by atoms with Crippen LogP contribution in [-0.4, -0.2) is 76.5 Å². The molecule has 0 saturated heterocycles. The van der Waals surface area contributed by atoms with E-state index >= 15 is 0 Å². The number of nitrogens with zero attached hydrogens (tertiary/aromatic N) is 6. The number of pyridine rings is 2. The van der Waals surface area contributed by atoms with Gasteiger partial charge in [-0.3, -0.25) is 9.97 Å². The van der Waals surface area contributed by atoms with Crippen molar-refractivity contribution < 1.29 is 19.7 Å². The predicted molar refractivity (Wildman–Crippen MR) is 189 cm³/mol. The molecule has 3 unspecified atom stereocenters. The molecule has 0 aromatic carbocycles. The predicted octanol–water partition coefficient (Wildman–Crippen LogP) is 5.92. The number of amidine groups is 2. The zero-order chi connectivity index (χ0) is 35.2. The summed E-state index contributed by atoms with van der Waals surface area (Å²) in [6.07, 6.45) is 4.29. The minimum absolute atomic E-state index is 0.181. The second kappa shape index (κ2) is 9.84. The second-order valence-electron chi connectivity index (χ2n) is 16.8.